The Morgan fingerprint density at radius 1 is 0.714 bits per heavy atom. The SMILES string of the molecule is Nc1nnc(-c2nnc(N)[n-]2)[n-]1.[K+].[K+]. The van der Waals surface area contributed by atoms with Crippen LogP contribution in [0.4, 0.5) is 11.9 Å². The molecule has 10 heteroatoms. The first-order chi connectivity index (χ1) is 5.75. The molecule has 62 valence electrons. The number of hydrogen-bond acceptors (Lipinski definition) is 6. The van der Waals surface area contributed by atoms with E-state index in [1.54, 1.807) is 0 Å². The van der Waals surface area contributed by atoms with E-state index in [-0.39, 0.29) is 126 Å². The second kappa shape index (κ2) is 6.67. The van der Waals surface area contributed by atoms with Gasteiger partial charge in [-0.2, -0.15) is 0 Å². The Labute approximate surface area is 164 Å². The van der Waals surface area contributed by atoms with Gasteiger partial charge >= 0.3 is 103 Å². The molecule has 0 saturated heterocycles. The number of aromatic nitrogens is 6. The molecule has 0 bridgehead atoms. The van der Waals surface area contributed by atoms with E-state index in [1.165, 1.54) is 0 Å². The largest absolute Gasteiger partial charge is 1.00 e. The first-order valence-electron chi connectivity index (χ1n) is 3.02. The van der Waals surface area contributed by atoms with Crippen LogP contribution in [0, 0.1) is 0 Å². The van der Waals surface area contributed by atoms with E-state index >= 15 is 0 Å². The topological polar surface area (TPSA) is 132 Å². The van der Waals surface area contributed by atoms with E-state index < -0.39 is 0 Å². The summed E-state index contributed by atoms with van der Waals surface area (Å²) in [5, 5.41) is 14.1. The van der Waals surface area contributed by atoms with Gasteiger partial charge < -0.3 is 21.4 Å². The van der Waals surface area contributed by atoms with Crippen LogP contribution in [0.15, 0.2) is 0 Å². The Morgan fingerprint density at radius 2 is 1.07 bits per heavy atom. The smallest absolute Gasteiger partial charge is 0.431 e. The normalized spacial score (nSPS) is 8.86. The maximum Gasteiger partial charge on any atom is 1.00 e. The number of hydrogen-bond donors (Lipinski definition) is 2. The number of nitrogens with two attached hydrogens (primary N) is 2. The Balaban J connectivity index is 0.000000845. The molecular weight excluding hydrogens is 238 g/mol. The molecule has 2 rings (SSSR count). The van der Waals surface area contributed by atoms with Gasteiger partial charge in [-0.1, -0.05) is 0 Å². The summed E-state index contributed by atoms with van der Waals surface area (Å²) < 4.78 is 0. The predicted octanol–water partition coefficient (Wildman–Crippen LogP) is -7.98. The summed E-state index contributed by atoms with van der Waals surface area (Å²) in [7, 11) is 0. The van der Waals surface area contributed by atoms with E-state index in [0.717, 1.165) is 0 Å². The van der Waals surface area contributed by atoms with E-state index in [2.05, 4.69) is 30.4 Å². The third-order valence-electron chi connectivity index (χ3n) is 1.14. The van der Waals surface area contributed by atoms with Crippen LogP contribution >= 0.6 is 0 Å². The van der Waals surface area contributed by atoms with Gasteiger partial charge in [0.05, 0.1) is 23.5 Å². The summed E-state index contributed by atoms with van der Waals surface area (Å²) in [6.07, 6.45) is 0. The summed E-state index contributed by atoms with van der Waals surface area (Å²) in [4.78, 5) is 7.46. The quantitative estimate of drug-likeness (QED) is 0.471. The van der Waals surface area contributed by atoms with Crippen molar-refractivity contribution in [2.75, 3.05) is 11.5 Å². The van der Waals surface area contributed by atoms with Crippen molar-refractivity contribution in [3.8, 4) is 11.6 Å². The fourth-order valence-corrected chi connectivity index (χ4v) is 0.693. The van der Waals surface area contributed by atoms with Gasteiger partial charge in [-0.3, -0.25) is 20.4 Å². The molecule has 2 heterocycles. The van der Waals surface area contributed by atoms with E-state index in [4.69, 9.17) is 11.5 Å². The molecule has 2 aromatic rings. The zero-order valence-electron chi connectivity index (χ0n) is 7.84. The number of rotatable bonds is 1. The molecule has 14 heavy (non-hydrogen) atoms. The van der Waals surface area contributed by atoms with Crippen LogP contribution in [0.2, 0.25) is 0 Å². The van der Waals surface area contributed by atoms with E-state index in [0.29, 0.717) is 0 Å². The molecule has 0 radical (unpaired) electrons. The average molecular weight is 242 g/mol. The van der Waals surface area contributed by atoms with Crippen LogP contribution in [-0.2, 0) is 0 Å². The molecule has 0 fully saturated rings. The Morgan fingerprint density at radius 3 is 1.29 bits per heavy atom. The van der Waals surface area contributed by atoms with E-state index in [9.17, 15) is 0 Å². The average Bonchev–Trinajstić information content (AvgIpc) is 2.58. The van der Waals surface area contributed by atoms with Gasteiger partial charge in [0.1, 0.15) is 0 Å². The first kappa shape index (κ1) is 15.2. The minimum absolute atomic E-state index is 0. The zero-order chi connectivity index (χ0) is 8.55. The van der Waals surface area contributed by atoms with Gasteiger partial charge in [-0.05, 0) is 0 Å². The van der Waals surface area contributed by atoms with Gasteiger partial charge in [0.2, 0.25) is 0 Å². The summed E-state index contributed by atoms with van der Waals surface area (Å²) in [5.74, 6) is 0.621. The number of nitrogens with zero attached hydrogens (tertiary/aromatic N) is 6. The Hall–Kier alpha value is 1.15. The molecule has 0 atom stereocenters. The van der Waals surface area contributed by atoms with Crippen molar-refractivity contribution in [1.82, 2.24) is 30.4 Å². The monoisotopic (exact) mass is 242 g/mol. The van der Waals surface area contributed by atoms with Crippen LogP contribution in [0.3, 0.4) is 0 Å². The van der Waals surface area contributed by atoms with Crippen LogP contribution < -0.4 is 124 Å². The zero-order valence-corrected chi connectivity index (χ0v) is 14.1. The van der Waals surface area contributed by atoms with Crippen LogP contribution in [0.5, 0.6) is 0 Å². The van der Waals surface area contributed by atoms with E-state index in [1.807, 2.05) is 0 Å². The minimum atomic E-state index is 0. The molecule has 0 unspecified atom stereocenters. The standard InChI is InChI=1S/C4H4N8.2K/c5-3-7-1(9-11-3)2-8-4(6)12-10-2;;/h(H4-2,5,6,7,8,9,10,11,12);;/q-2;2*+1. The van der Waals surface area contributed by atoms with Crippen LogP contribution in [0.25, 0.3) is 11.6 Å². The van der Waals surface area contributed by atoms with Crippen molar-refractivity contribution in [2.24, 2.45) is 0 Å². The summed E-state index contributed by atoms with van der Waals surface area (Å²) in [5.41, 5.74) is 10.5. The molecule has 4 N–H and O–H groups in total. The molecule has 8 nitrogen and oxygen atoms in total. The maximum atomic E-state index is 5.23. The molecule has 0 saturated carbocycles. The molecule has 0 amide bonds. The first-order valence-corrected chi connectivity index (χ1v) is 3.02. The third kappa shape index (κ3) is 3.62. The fraction of sp³-hybridized carbons (Fsp3) is 0. The fourth-order valence-electron chi connectivity index (χ4n) is 0.693. The molecule has 0 aliphatic carbocycles. The number of anilines is 2. The third-order valence-corrected chi connectivity index (χ3v) is 1.14. The van der Waals surface area contributed by atoms with Gasteiger partial charge in [-0.15, -0.1) is 0 Å². The summed E-state index contributed by atoms with van der Waals surface area (Å²) in [6, 6.07) is 0. The molecule has 0 aliphatic rings. The minimum Gasteiger partial charge on any atom is -0.431 e. The second-order valence-electron chi connectivity index (χ2n) is 1.99. The molecule has 2 aromatic heterocycles. The number of nitrogen functional groups attached to an aromatic ring is 2. The second-order valence-corrected chi connectivity index (χ2v) is 1.99. The van der Waals surface area contributed by atoms with Crippen molar-refractivity contribution in [3.05, 3.63) is 0 Å². The van der Waals surface area contributed by atoms with Crippen molar-refractivity contribution < 1.29 is 103 Å². The van der Waals surface area contributed by atoms with Crippen molar-refractivity contribution in [3.63, 3.8) is 0 Å². The van der Waals surface area contributed by atoms with Gasteiger partial charge in [-0.25, -0.2) is 0 Å². The molecular formula is C4H4K2N8. The Kier molecular flexibility index (Phi) is 7.22. The van der Waals surface area contributed by atoms with Crippen molar-refractivity contribution in [1.29, 1.82) is 0 Å². The summed E-state index contributed by atoms with van der Waals surface area (Å²) >= 11 is 0. The summed E-state index contributed by atoms with van der Waals surface area (Å²) in [6.45, 7) is 0. The van der Waals surface area contributed by atoms with Gasteiger partial charge in [0.15, 0.2) is 0 Å². The van der Waals surface area contributed by atoms with Gasteiger partial charge in [0.25, 0.3) is 0 Å². The van der Waals surface area contributed by atoms with Gasteiger partial charge in [0, 0.05) is 0 Å². The van der Waals surface area contributed by atoms with Crippen molar-refractivity contribution in [2.45, 2.75) is 0 Å². The van der Waals surface area contributed by atoms with Crippen LogP contribution in [-0.4, -0.2) is 20.4 Å². The maximum absolute atomic E-state index is 5.23. The van der Waals surface area contributed by atoms with Crippen LogP contribution in [0.1, 0.15) is 0 Å². The molecule has 0 aliphatic heterocycles. The molecule has 0 aromatic carbocycles. The predicted molar refractivity (Wildman–Crippen MR) is 38.5 cm³/mol. The molecule has 0 spiro atoms. The Bertz CT molecular complexity index is 355. The van der Waals surface area contributed by atoms with Crippen molar-refractivity contribution >= 4 is 11.9 Å².